The van der Waals surface area contributed by atoms with Crippen molar-refractivity contribution in [2.75, 3.05) is 19.8 Å². The van der Waals surface area contributed by atoms with E-state index < -0.39 is 11.7 Å². The van der Waals surface area contributed by atoms with Gasteiger partial charge in [-0.1, -0.05) is 12.1 Å². The number of ether oxygens (including phenoxy) is 2. The topological polar surface area (TPSA) is 59.6 Å². The maximum absolute atomic E-state index is 12.5. The van der Waals surface area contributed by atoms with Crippen LogP contribution in [0.5, 0.6) is 0 Å². The van der Waals surface area contributed by atoms with Crippen molar-refractivity contribution < 1.29 is 27.4 Å². The minimum Gasteiger partial charge on any atom is -0.494 e. The van der Waals surface area contributed by atoms with Gasteiger partial charge in [0.2, 0.25) is 0 Å². The Kier molecular flexibility index (Phi) is 5.94. The number of hydrogen-bond acceptors (Lipinski definition) is 3. The summed E-state index contributed by atoms with van der Waals surface area (Å²) in [5.41, 5.74) is 0.0232. The third kappa shape index (κ3) is 5.68. The molecule has 0 spiro atoms. The van der Waals surface area contributed by atoms with Crippen molar-refractivity contribution in [3.05, 3.63) is 47.4 Å². The molecule has 132 valence electrons. The molecule has 8 heteroatoms. The van der Waals surface area contributed by atoms with Gasteiger partial charge in [-0.05, 0) is 31.0 Å². The highest BCUT2D eigenvalue weighted by Crippen LogP contribution is 2.29. The van der Waals surface area contributed by atoms with Gasteiger partial charge in [-0.15, -0.1) is 0 Å². The zero-order chi connectivity index (χ0) is 17.6. The quantitative estimate of drug-likeness (QED) is 0.864. The Morgan fingerprint density at radius 3 is 2.54 bits per heavy atom. The highest BCUT2D eigenvalue weighted by atomic mass is 19.4. The van der Waals surface area contributed by atoms with E-state index in [1.807, 2.05) is 0 Å². The Labute approximate surface area is 137 Å². The van der Waals surface area contributed by atoms with E-state index in [1.54, 1.807) is 6.92 Å². The molecule has 1 atom stereocenters. The van der Waals surface area contributed by atoms with Crippen LogP contribution in [0.1, 0.15) is 18.1 Å². The average Bonchev–Trinajstić information content (AvgIpc) is 2.53. The van der Waals surface area contributed by atoms with Crippen LogP contribution in [0.15, 0.2) is 36.3 Å². The average molecular weight is 344 g/mol. The molecule has 2 amide bonds. The van der Waals surface area contributed by atoms with Gasteiger partial charge in [0.05, 0.1) is 12.1 Å². The molecule has 0 saturated carbocycles. The van der Waals surface area contributed by atoms with Crippen LogP contribution in [0.2, 0.25) is 0 Å². The van der Waals surface area contributed by atoms with Crippen molar-refractivity contribution in [2.24, 2.45) is 0 Å². The first-order chi connectivity index (χ1) is 11.3. The molecule has 1 aromatic rings. The summed E-state index contributed by atoms with van der Waals surface area (Å²) >= 11 is 0. The number of urea groups is 1. The fourth-order valence-electron chi connectivity index (χ4n) is 2.18. The number of carbonyl (C=O) groups is 1. The van der Waals surface area contributed by atoms with Crippen LogP contribution in [-0.4, -0.2) is 31.8 Å². The number of alkyl halides is 3. The molecule has 0 aliphatic carbocycles. The fraction of sp³-hybridized carbons (Fsp3) is 0.438. The number of halogens is 3. The van der Waals surface area contributed by atoms with Gasteiger partial charge in [-0.3, -0.25) is 0 Å². The van der Waals surface area contributed by atoms with Gasteiger partial charge in [0.1, 0.15) is 25.2 Å². The summed E-state index contributed by atoms with van der Waals surface area (Å²) < 4.78 is 47.8. The lowest BCUT2D eigenvalue weighted by Crippen LogP contribution is -2.42. The molecule has 0 fully saturated rings. The van der Waals surface area contributed by atoms with Gasteiger partial charge in [-0.25, -0.2) is 4.79 Å². The van der Waals surface area contributed by atoms with E-state index >= 15 is 0 Å². The molecule has 0 radical (unpaired) electrons. The number of rotatable bonds is 5. The van der Waals surface area contributed by atoms with E-state index in [0.717, 1.165) is 12.1 Å². The van der Waals surface area contributed by atoms with Gasteiger partial charge < -0.3 is 20.1 Å². The Bertz CT molecular complexity index is 585. The molecular formula is C16H19F3N2O3. The lowest BCUT2D eigenvalue weighted by atomic mass is 10.1. The number of carbonyl (C=O) groups excluding carboxylic acids is 1. The molecule has 1 heterocycles. The van der Waals surface area contributed by atoms with E-state index in [9.17, 15) is 18.0 Å². The molecule has 0 aromatic heterocycles. The van der Waals surface area contributed by atoms with Crippen molar-refractivity contribution in [3.8, 4) is 0 Å². The summed E-state index contributed by atoms with van der Waals surface area (Å²) in [7, 11) is 0. The molecule has 2 N–H and O–H groups in total. The van der Waals surface area contributed by atoms with Crippen LogP contribution in [0.25, 0.3) is 0 Å². The van der Waals surface area contributed by atoms with Gasteiger partial charge in [0.15, 0.2) is 0 Å². The largest absolute Gasteiger partial charge is 0.494 e. The summed E-state index contributed by atoms with van der Waals surface area (Å²) in [4.78, 5) is 11.8. The number of amides is 2. The Morgan fingerprint density at radius 1 is 1.25 bits per heavy atom. The maximum Gasteiger partial charge on any atom is 0.416 e. The fourth-order valence-corrected chi connectivity index (χ4v) is 2.18. The van der Waals surface area contributed by atoms with E-state index in [-0.39, 0.29) is 18.6 Å². The molecule has 0 unspecified atom stereocenters. The monoisotopic (exact) mass is 344 g/mol. The maximum atomic E-state index is 12.5. The van der Waals surface area contributed by atoms with E-state index in [0.29, 0.717) is 31.0 Å². The second kappa shape index (κ2) is 7.94. The van der Waals surface area contributed by atoms with Crippen molar-refractivity contribution in [2.45, 2.75) is 25.6 Å². The third-order valence-corrected chi connectivity index (χ3v) is 3.33. The smallest absolute Gasteiger partial charge is 0.416 e. The summed E-state index contributed by atoms with van der Waals surface area (Å²) in [5.74, 6) is 0.534. The van der Waals surface area contributed by atoms with Gasteiger partial charge in [0.25, 0.3) is 0 Å². The first-order valence-electron chi connectivity index (χ1n) is 7.48. The lowest BCUT2D eigenvalue weighted by Gasteiger charge is -2.18. The zero-order valence-electron chi connectivity index (χ0n) is 13.2. The standard InChI is InChI=1S/C16H19F3N2O3/c1-11(8-12-2-4-13(5-3-12)16(17,18)19)21-15(22)20-9-14-10-23-6-7-24-14/h2-5,10-11H,6-9H2,1H3,(H2,20,21,22)/t11-/m0/s1. The normalized spacial score (nSPS) is 15.6. The number of nitrogens with one attached hydrogen (secondary N) is 2. The van der Waals surface area contributed by atoms with Gasteiger partial charge >= 0.3 is 12.2 Å². The molecule has 2 rings (SSSR count). The zero-order valence-corrected chi connectivity index (χ0v) is 13.2. The second-order valence-electron chi connectivity index (χ2n) is 5.43. The first-order valence-corrected chi connectivity index (χ1v) is 7.48. The van der Waals surface area contributed by atoms with E-state index in [4.69, 9.17) is 9.47 Å². The van der Waals surface area contributed by atoms with Crippen LogP contribution < -0.4 is 10.6 Å². The van der Waals surface area contributed by atoms with Crippen LogP contribution in [0, 0.1) is 0 Å². The Hall–Kier alpha value is -2.38. The number of hydrogen-bond donors (Lipinski definition) is 2. The number of benzene rings is 1. The third-order valence-electron chi connectivity index (χ3n) is 3.33. The lowest BCUT2D eigenvalue weighted by molar-refractivity contribution is -0.137. The van der Waals surface area contributed by atoms with E-state index in [2.05, 4.69) is 10.6 Å². The van der Waals surface area contributed by atoms with Crippen molar-refractivity contribution in [1.29, 1.82) is 0 Å². The summed E-state index contributed by atoms with van der Waals surface area (Å²) in [6.45, 7) is 2.91. The Balaban J connectivity index is 1.76. The minimum absolute atomic E-state index is 0.207. The van der Waals surface area contributed by atoms with E-state index in [1.165, 1.54) is 18.4 Å². The summed E-state index contributed by atoms with van der Waals surface area (Å²) in [5, 5.41) is 5.34. The summed E-state index contributed by atoms with van der Waals surface area (Å²) in [6.07, 6.45) is -2.47. The molecule has 1 aliphatic rings. The van der Waals surface area contributed by atoms with Crippen molar-refractivity contribution in [3.63, 3.8) is 0 Å². The molecule has 5 nitrogen and oxygen atoms in total. The predicted molar refractivity (Wildman–Crippen MR) is 81.1 cm³/mol. The SMILES string of the molecule is C[C@@H](Cc1ccc(C(F)(F)F)cc1)NC(=O)NCC1=COCCO1. The second-order valence-corrected chi connectivity index (χ2v) is 5.43. The van der Waals surface area contributed by atoms with Crippen LogP contribution >= 0.6 is 0 Å². The van der Waals surface area contributed by atoms with Crippen LogP contribution in [0.3, 0.4) is 0 Å². The van der Waals surface area contributed by atoms with Crippen molar-refractivity contribution in [1.82, 2.24) is 10.6 Å². The molecular weight excluding hydrogens is 325 g/mol. The van der Waals surface area contributed by atoms with Crippen molar-refractivity contribution >= 4 is 6.03 Å². The Morgan fingerprint density at radius 2 is 1.96 bits per heavy atom. The van der Waals surface area contributed by atoms with Crippen LogP contribution in [0.4, 0.5) is 18.0 Å². The predicted octanol–water partition coefficient (Wildman–Crippen LogP) is 2.82. The summed E-state index contributed by atoms with van der Waals surface area (Å²) in [6, 6.07) is 4.28. The van der Waals surface area contributed by atoms with Gasteiger partial charge in [-0.2, -0.15) is 13.2 Å². The van der Waals surface area contributed by atoms with Gasteiger partial charge in [0, 0.05) is 6.04 Å². The molecule has 1 aromatic carbocycles. The van der Waals surface area contributed by atoms with Crippen LogP contribution in [-0.2, 0) is 22.1 Å². The highest BCUT2D eigenvalue weighted by molar-refractivity contribution is 5.74. The molecule has 24 heavy (non-hydrogen) atoms. The molecule has 0 bridgehead atoms. The minimum atomic E-state index is -4.35. The highest BCUT2D eigenvalue weighted by Gasteiger charge is 2.29. The first kappa shape index (κ1) is 18.0. The molecule has 0 saturated heterocycles. The molecule has 1 aliphatic heterocycles.